The van der Waals surface area contributed by atoms with E-state index >= 15 is 0 Å². The van der Waals surface area contributed by atoms with Crippen LogP contribution in [0, 0.1) is 0 Å². The number of alkyl halides is 1. The van der Waals surface area contributed by atoms with E-state index in [1.54, 1.807) is 0 Å². The Balaban J connectivity index is 2.65. The average molecular weight is 211 g/mol. The molecule has 0 rings (SSSR count). The minimum absolute atomic E-state index is 0.714. The molecule has 0 aliphatic rings. The van der Waals surface area contributed by atoms with Gasteiger partial charge in [0.15, 0.2) is 0 Å². The highest BCUT2D eigenvalue weighted by molar-refractivity contribution is 9.09. The third-order valence-electron chi connectivity index (χ3n) is 0.942. The Hall–Kier alpha value is 0.400. The van der Waals surface area contributed by atoms with E-state index in [-0.39, 0.29) is 0 Å². The Labute approximate surface area is 71.0 Å². The summed E-state index contributed by atoms with van der Waals surface area (Å²) in [6.07, 6.45) is 1.08. The molecule has 0 aromatic heterocycles. The molecule has 0 heterocycles. The van der Waals surface area contributed by atoms with Gasteiger partial charge in [-0.2, -0.15) is 0 Å². The predicted octanol–water partition coefficient (Wildman–Crippen LogP) is 1.82. The van der Waals surface area contributed by atoms with Gasteiger partial charge in [-0.25, -0.2) is 0 Å². The van der Waals surface area contributed by atoms with Crippen LogP contribution in [0.1, 0.15) is 13.3 Å². The molecule has 0 aliphatic heterocycles. The van der Waals surface area contributed by atoms with Crippen molar-refractivity contribution in [3.63, 3.8) is 0 Å². The number of ether oxygens (including phenoxy) is 2. The normalized spacial score (nSPS) is 10.2. The van der Waals surface area contributed by atoms with Crippen molar-refractivity contribution >= 4 is 15.9 Å². The zero-order chi connectivity index (χ0) is 7.66. The Bertz CT molecular complexity index is 51.6. The molecule has 0 unspecified atom stereocenters. The van der Waals surface area contributed by atoms with E-state index in [1.807, 2.05) is 0 Å². The van der Waals surface area contributed by atoms with Crippen LogP contribution in [0.15, 0.2) is 0 Å². The summed E-state index contributed by atoms with van der Waals surface area (Å²) in [5, 5.41) is 0.904. The van der Waals surface area contributed by atoms with Gasteiger partial charge in [0.05, 0.1) is 19.8 Å². The van der Waals surface area contributed by atoms with Crippen molar-refractivity contribution in [2.24, 2.45) is 0 Å². The van der Waals surface area contributed by atoms with E-state index in [2.05, 4.69) is 22.9 Å². The van der Waals surface area contributed by atoms with Gasteiger partial charge in [-0.3, -0.25) is 0 Å². The molecule has 0 N–H and O–H groups in total. The molecule has 0 fully saturated rings. The Kier molecular flexibility index (Phi) is 9.78. The Morgan fingerprint density at radius 1 is 1.00 bits per heavy atom. The van der Waals surface area contributed by atoms with Crippen molar-refractivity contribution in [1.82, 2.24) is 0 Å². The first kappa shape index (κ1) is 10.4. The number of halogens is 1. The Morgan fingerprint density at radius 3 is 2.10 bits per heavy atom. The lowest BCUT2D eigenvalue weighted by Crippen LogP contribution is -2.05. The molecule has 0 aliphatic carbocycles. The summed E-state index contributed by atoms with van der Waals surface area (Å²) in [5.41, 5.74) is 0. The molecule has 0 saturated heterocycles. The Morgan fingerprint density at radius 2 is 1.60 bits per heavy atom. The zero-order valence-electron chi connectivity index (χ0n) is 6.44. The van der Waals surface area contributed by atoms with Gasteiger partial charge in [-0.05, 0) is 6.42 Å². The maximum Gasteiger partial charge on any atom is 0.0700 e. The molecule has 0 saturated carbocycles. The minimum Gasteiger partial charge on any atom is -0.379 e. The van der Waals surface area contributed by atoms with Gasteiger partial charge in [-0.1, -0.05) is 22.9 Å². The molecule has 62 valence electrons. The summed E-state index contributed by atoms with van der Waals surface area (Å²) >= 11 is 3.27. The van der Waals surface area contributed by atoms with E-state index in [9.17, 15) is 0 Å². The molecule has 3 heteroatoms. The van der Waals surface area contributed by atoms with Crippen molar-refractivity contribution in [2.75, 3.05) is 31.8 Å². The van der Waals surface area contributed by atoms with Crippen LogP contribution in [0.2, 0.25) is 0 Å². The van der Waals surface area contributed by atoms with Crippen LogP contribution < -0.4 is 0 Å². The lowest BCUT2D eigenvalue weighted by Gasteiger charge is -2.01. The predicted molar refractivity (Wildman–Crippen MR) is 45.7 cm³/mol. The zero-order valence-corrected chi connectivity index (χ0v) is 8.02. The van der Waals surface area contributed by atoms with Gasteiger partial charge in [0.1, 0.15) is 0 Å². The summed E-state index contributed by atoms with van der Waals surface area (Å²) in [6.45, 7) is 5.15. The molecule has 2 nitrogen and oxygen atoms in total. The van der Waals surface area contributed by atoms with Gasteiger partial charge < -0.3 is 9.47 Å². The third-order valence-corrected chi connectivity index (χ3v) is 1.27. The molecule has 10 heavy (non-hydrogen) atoms. The second-order valence-corrected chi connectivity index (χ2v) is 2.71. The van der Waals surface area contributed by atoms with Gasteiger partial charge >= 0.3 is 0 Å². The summed E-state index contributed by atoms with van der Waals surface area (Å²) in [6, 6.07) is 0. The van der Waals surface area contributed by atoms with Crippen molar-refractivity contribution in [1.29, 1.82) is 0 Å². The topological polar surface area (TPSA) is 18.5 Å². The summed E-state index contributed by atoms with van der Waals surface area (Å²) in [4.78, 5) is 0. The van der Waals surface area contributed by atoms with Gasteiger partial charge in [0, 0.05) is 11.9 Å². The highest BCUT2D eigenvalue weighted by Crippen LogP contribution is 1.84. The maximum absolute atomic E-state index is 5.19. The summed E-state index contributed by atoms with van der Waals surface area (Å²) in [7, 11) is 0. The van der Waals surface area contributed by atoms with Crippen LogP contribution in [0.25, 0.3) is 0 Å². The second kappa shape index (κ2) is 9.40. The third kappa shape index (κ3) is 8.40. The van der Waals surface area contributed by atoms with Gasteiger partial charge in [0.25, 0.3) is 0 Å². The van der Waals surface area contributed by atoms with E-state index in [0.29, 0.717) is 6.61 Å². The summed E-state index contributed by atoms with van der Waals surface area (Å²) in [5.74, 6) is 0. The first-order valence-corrected chi connectivity index (χ1v) is 4.75. The van der Waals surface area contributed by atoms with Crippen molar-refractivity contribution in [3.05, 3.63) is 0 Å². The summed E-state index contributed by atoms with van der Waals surface area (Å²) < 4.78 is 10.3. The van der Waals surface area contributed by atoms with E-state index in [0.717, 1.165) is 31.6 Å². The number of hydrogen-bond acceptors (Lipinski definition) is 2. The highest BCUT2D eigenvalue weighted by Gasteiger charge is 1.86. The van der Waals surface area contributed by atoms with Crippen molar-refractivity contribution < 1.29 is 9.47 Å². The van der Waals surface area contributed by atoms with Crippen LogP contribution in [-0.4, -0.2) is 31.8 Å². The monoisotopic (exact) mass is 210 g/mol. The van der Waals surface area contributed by atoms with Gasteiger partial charge in [-0.15, -0.1) is 0 Å². The molecule has 0 atom stereocenters. The molecule has 0 bridgehead atoms. The van der Waals surface area contributed by atoms with E-state index in [4.69, 9.17) is 9.47 Å². The fraction of sp³-hybridized carbons (Fsp3) is 1.00. The first-order valence-electron chi connectivity index (χ1n) is 3.63. The molecule has 0 aromatic carbocycles. The maximum atomic E-state index is 5.19. The van der Waals surface area contributed by atoms with Crippen LogP contribution in [0.5, 0.6) is 0 Å². The van der Waals surface area contributed by atoms with Crippen LogP contribution in [0.4, 0.5) is 0 Å². The molecule has 0 amide bonds. The molecule has 0 spiro atoms. The fourth-order valence-electron chi connectivity index (χ4n) is 0.521. The standard InChI is InChI=1S/C7H15BrO2/c1-2-4-9-6-7-10-5-3-8/h2-7H2,1H3. The van der Waals surface area contributed by atoms with E-state index in [1.165, 1.54) is 0 Å². The van der Waals surface area contributed by atoms with Crippen molar-refractivity contribution in [2.45, 2.75) is 13.3 Å². The second-order valence-electron chi connectivity index (χ2n) is 1.91. The molecular formula is C7H15BrO2. The van der Waals surface area contributed by atoms with Crippen LogP contribution in [-0.2, 0) is 9.47 Å². The fourth-order valence-corrected chi connectivity index (χ4v) is 0.750. The SMILES string of the molecule is CCCOCCOCCBr. The molecule has 0 radical (unpaired) electrons. The quantitative estimate of drug-likeness (QED) is 0.472. The van der Waals surface area contributed by atoms with Crippen LogP contribution >= 0.6 is 15.9 Å². The van der Waals surface area contributed by atoms with E-state index < -0.39 is 0 Å². The number of rotatable bonds is 7. The largest absolute Gasteiger partial charge is 0.379 e. The molecular weight excluding hydrogens is 196 g/mol. The van der Waals surface area contributed by atoms with Crippen LogP contribution in [0.3, 0.4) is 0 Å². The lowest BCUT2D eigenvalue weighted by molar-refractivity contribution is 0.0543. The van der Waals surface area contributed by atoms with Crippen molar-refractivity contribution in [3.8, 4) is 0 Å². The first-order chi connectivity index (χ1) is 4.91. The molecule has 0 aromatic rings. The van der Waals surface area contributed by atoms with Gasteiger partial charge in [0.2, 0.25) is 0 Å². The lowest BCUT2D eigenvalue weighted by atomic mass is 10.5. The minimum atomic E-state index is 0.714. The number of hydrogen-bond donors (Lipinski definition) is 0. The average Bonchev–Trinajstić information content (AvgIpc) is 1.97. The smallest absolute Gasteiger partial charge is 0.0700 e. The highest BCUT2D eigenvalue weighted by atomic mass is 79.9.